The molecule has 680 valence electrons. The number of anilines is 14. The molecule has 4 aliphatic rings. The minimum atomic E-state index is -2.04. The molecule has 0 radical (unpaired) electrons. The van der Waals surface area contributed by atoms with Crippen molar-refractivity contribution >= 4 is 122 Å². The molecule has 3 heterocycles. The van der Waals surface area contributed by atoms with Crippen molar-refractivity contribution in [1.82, 2.24) is 0 Å². The largest absolute Gasteiger partial charge is 0.446 e. The van der Waals surface area contributed by atoms with E-state index in [1.54, 1.807) is 158 Å². The van der Waals surface area contributed by atoms with Crippen LogP contribution in [0.15, 0.2) is 170 Å². The lowest BCUT2D eigenvalue weighted by atomic mass is 9.84. The van der Waals surface area contributed by atoms with Crippen LogP contribution in [0.3, 0.4) is 0 Å². The summed E-state index contributed by atoms with van der Waals surface area (Å²) in [4.78, 5) is 114. The summed E-state index contributed by atoms with van der Waals surface area (Å²) >= 11 is 0. The zero-order chi connectivity index (χ0) is 90.9. The predicted octanol–water partition coefficient (Wildman–Crippen LogP) is 7.36. The van der Waals surface area contributed by atoms with Crippen molar-refractivity contribution in [2.75, 3.05) is 190 Å². The van der Waals surface area contributed by atoms with Gasteiger partial charge in [-0.15, -0.1) is 0 Å². The van der Waals surface area contributed by atoms with Crippen LogP contribution in [0, 0.1) is 0 Å². The third-order valence-corrected chi connectivity index (χ3v) is 21.3. The van der Waals surface area contributed by atoms with Crippen LogP contribution in [0.5, 0.6) is 0 Å². The Labute approximate surface area is 731 Å². The summed E-state index contributed by atoms with van der Waals surface area (Å²) in [5.74, 6) is 0. The maximum absolute atomic E-state index is 15.2. The first kappa shape index (κ1) is 94.1. The highest BCUT2D eigenvalue weighted by Crippen LogP contribution is 2.40. The van der Waals surface area contributed by atoms with Gasteiger partial charge in [0.05, 0.1) is 12.1 Å². The number of amides is 7. The molecule has 126 heavy (non-hydrogen) atoms. The highest BCUT2D eigenvalue weighted by molar-refractivity contribution is 5.89. The molecule has 1 aliphatic carbocycles. The van der Waals surface area contributed by atoms with Gasteiger partial charge >= 0.3 is 42.7 Å². The van der Waals surface area contributed by atoms with Gasteiger partial charge in [-0.1, -0.05) is 0 Å². The number of carbonyl (C=O) groups is 7. The second-order valence-electron chi connectivity index (χ2n) is 32.0. The van der Waals surface area contributed by atoms with Gasteiger partial charge in [-0.3, -0.25) is 31.9 Å². The van der Waals surface area contributed by atoms with Crippen LogP contribution >= 0.6 is 0 Å². The molecule has 19 N–H and O–H groups in total. The maximum Gasteiger partial charge on any atom is 0.412 e. The lowest BCUT2D eigenvalue weighted by Gasteiger charge is -2.48. The van der Waals surface area contributed by atoms with Crippen LogP contribution in [-0.4, -0.2) is 277 Å². The van der Waals surface area contributed by atoms with E-state index >= 15 is 4.79 Å². The van der Waals surface area contributed by atoms with Crippen LogP contribution in [-0.2, 0) is 61.6 Å². The van der Waals surface area contributed by atoms with Crippen LogP contribution in [0.2, 0.25) is 0 Å². The Morgan fingerprint density at radius 3 is 0.913 bits per heavy atom. The molecule has 0 unspecified atom stereocenters. The average Bonchev–Trinajstić information content (AvgIpc) is 1.60. The van der Waals surface area contributed by atoms with E-state index in [0.29, 0.717) is 22.7 Å². The summed E-state index contributed by atoms with van der Waals surface area (Å²) < 4.78 is 85.1. The lowest BCUT2D eigenvalue weighted by molar-refractivity contribution is -0.305. The number of carbonyl (C=O) groups excluding carboxylic acids is 7. The van der Waals surface area contributed by atoms with Crippen LogP contribution < -0.4 is 106 Å². The zero-order valence-electron chi connectivity index (χ0n) is 72.7. The Morgan fingerprint density at radius 2 is 0.579 bits per heavy atom. The van der Waals surface area contributed by atoms with Gasteiger partial charge < -0.3 is 136 Å². The number of rotatable bonds is 31. The molecule has 7 aromatic carbocycles. The fourth-order valence-electron chi connectivity index (χ4n) is 14.4. The van der Waals surface area contributed by atoms with Gasteiger partial charge in [-0.25, -0.2) is 33.6 Å². The third-order valence-electron chi connectivity index (χ3n) is 21.3. The molecular weight excluding hydrogens is 1630 g/mol. The van der Waals surface area contributed by atoms with Gasteiger partial charge in [0.15, 0.2) is 49.4 Å². The van der Waals surface area contributed by atoms with E-state index in [9.17, 15) is 28.8 Å². The van der Waals surface area contributed by atoms with E-state index in [0.717, 1.165) is 39.8 Å². The van der Waals surface area contributed by atoms with Gasteiger partial charge in [-0.05, 0) is 176 Å². The Bertz CT molecular complexity index is 4740. The first-order valence-electron chi connectivity index (χ1n) is 40.6. The fourth-order valence-corrected chi connectivity index (χ4v) is 14.4. The summed E-state index contributed by atoms with van der Waals surface area (Å²) in [6, 6.07) is 42.0. The average molecular weight is 1750 g/mol. The van der Waals surface area contributed by atoms with Gasteiger partial charge in [-0.2, -0.15) is 0 Å². The van der Waals surface area contributed by atoms with Crippen molar-refractivity contribution in [3.05, 3.63) is 170 Å². The number of nitrogens with one attached hydrogen (secondary N) is 7. The van der Waals surface area contributed by atoms with Crippen LogP contribution in [0.1, 0.15) is 6.42 Å². The van der Waals surface area contributed by atoms with E-state index in [2.05, 4.69) is 37.2 Å². The molecule has 11 rings (SSSR count). The number of benzene rings is 7. The quantitative estimate of drug-likeness (QED) is 0.0189. The monoisotopic (exact) mass is 1750 g/mol. The van der Waals surface area contributed by atoms with E-state index in [-0.39, 0.29) is 30.0 Å². The van der Waals surface area contributed by atoms with E-state index in [1.807, 2.05) is 145 Å². The fraction of sp³-hybridized carbons (Fsp3) is 0.430. The van der Waals surface area contributed by atoms with Crippen LogP contribution in [0.4, 0.5) is 113 Å². The van der Waals surface area contributed by atoms with Crippen LogP contribution in [0.25, 0.3) is 0 Å². The summed E-state index contributed by atoms with van der Waals surface area (Å²) in [7, 11) is 25.9. The minimum Gasteiger partial charge on any atom is -0.446 e. The topological polar surface area (TPSA) is 502 Å². The second-order valence-corrected chi connectivity index (χ2v) is 32.0. The standard InChI is InChI=1S/C86H116N20O20/c1-100(2)54-29-15-47(16-30-54)93-45-64-71(121-80(92)107)74(125-85(112)98-52-25-39-59(40-26-52)105(11)12)67(91)78(116-64)119-72-65(46-114-81(108)94-48-17-31-55(32-18-48)101(3)4)117-79(76(72)126-86(113)99-53-27-41-60(42-28-53)106(13)14)120-75-68(61(88)43-62(89)69(75)122-82(109)95-49-19-33-56(34-20-49)102(5)6)118-77-66(90)73(124-84(111)97-51-23-37-58(38-24-51)104(9)10)70(63(44-87)115-77)123-83(110)96-50-21-35-57(36-22-50)103(7)8/h15-42,61-79,93H,43-46,87-91H2,1-14H3,(H2,92,107)(H,94,108)(H,95,109)(H,96,110)(H,97,111)(H,98,112)(H,99,113)/t61-,62+,63+,64-,65+,66+,67+,68+,69-,70+,71+,72+,73+,74+,75-,76+,77-,78+,79+/m0/s1. The number of hydrogen-bond donors (Lipinski definition) is 13. The van der Waals surface area contributed by atoms with Crippen molar-refractivity contribution in [2.24, 2.45) is 34.4 Å². The van der Waals surface area contributed by atoms with Crippen molar-refractivity contribution < 1.29 is 95.1 Å². The first-order chi connectivity index (χ1) is 60.0. The molecule has 4 fully saturated rings. The number of nitrogens with zero attached hydrogens (tertiary/aromatic N) is 7. The molecule has 0 spiro atoms. The van der Waals surface area contributed by atoms with Crippen molar-refractivity contribution in [1.29, 1.82) is 0 Å². The summed E-state index contributed by atoms with van der Waals surface area (Å²) in [6.07, 6.45) is -33.8. The number of hydrogen-bond acceptors (Lipinski definition) is 33. The lowest BCUT2D eigenvalue weighted by Crippen LogP contribution is -2.69. The molecule has 40 heteroatoms. The van der Waals surface area contributed by atoms with Crippen molar-refractivity contribution in [2.45, 2.75) is 123 Å². The Balaban J connectivity index is 1.01. The Kier molecular flexibility index (Phi) is 32.0. The van der Waals surface area contributed by atoms with Crippen molar-refractivity contribution in [3.63, 3.8) is 0 Å². The molecule has 3 saturated heterocycles. The highest BCUT2D eigenvalue weighted by atomic mass is 16.8. The number of primary amides is 1. The molecular formula is C86H116N20O20. The molecule has 7 aromatic rings. The molecule has 1 saturated carbocycles. The van der Waals surface area contributed by atoms with Crippen molar-refractivity contribution in [3.8, 4) is 0 Å². The van der Waals surface area contributed by atoms with E-state index in [4.69, 9.17) is 96.0 Å². The summed E-state index contributed by atoms with van der Waals surface area (Å²) in [6.45, 7) is -1.48. The smallest absolute Gasteiger partial charge is 0.412 e. The predicted molar refractivity (Wildman–Crippen MR) is 479 cm³/mol. The van der Waals surface area contributed by atoms with Gasteiger partial charge in [0, 0.05) is 203 Å². The minimum absolute atomic E-state index is 0.215. The summed E-state index contributed by atoms with van der Waals surface area (Å²) in [5.41, 5.74) is 49.4. The molecule has 0 bridgehead atoms. The van der Waals surface area contributed by atoms with Gasteiger partial charge in [0.25, 0.3) is 0 Å². The number of nitrogens with two attached hydrogens (primary N) is 6. The highest BCUT2D eigenvalue weighted by Gasteiger charge is 2.59. The Morgan fingerprint density at radius 1 is 0.310 bits per heavy atom. The second kappa shape index (κ2) is 42.9. The molecule has 3 aliphatic heterocycles. The van der Waals surface area contributed by atoms with E-state index in [1.165, 1.54) is 0 Å². The first-order valence-corrected chi connectivity index (χ1v) is 40.6. The Hall–Kier alpha value is -12.6. The normalized spacial score (nSPS) is 24.9. The molecule has 7 amide bonds. The zero-order valence-corrected chi connectivity index (χ0v) is 72.7. The number of ether oxygens (including phenoxy) is 13. The SMILES string of the molecule is CN(C)c1ccc(NC[C@@H]2O[C@H](O[C@H]3[C@@H](OC(=O)Nc4ccc(N(C)C)cc4)[C@@H](O[C@@H]4[C@@H](OC(=O)Nc5ccc(N(C)C)cc5)[C@H](N)C[C@H](N)[C@H]4O[C@@H]4O[C@H](CN)[C@@H](OC(=O)Nc5ccc(N(C)C)cc5)[C@H](OC(=O)Nc5ccc(N(C)C)cc5)[C@H]4N)O[C@@H]3COC(=O)Nc3ccc(N(C)C)cc3)[C@H](N)[C@@H](OC(=O)Nc3ccc(N(C)C)cc3)[C@@H]2OC(N)=O)cc1. The van der Waals surface area contributed by atoms with Gasteiger partial charge in [0.1, 0.15) is 49.3 Å². The molecule has 19 atom stereocenters. The van der Waals surface area contributed by atoms with Gasteiger partial charge in [0.2, 0.25) is 0 Å². The maximum atomic E-state index is 15.2. The summed E-state index contributed by atoms with van der Waals surface area (Å²) in [5, 5.41) is 19.6. The molecule has 0 aromatic heterocycles. The van der Waals surface area contributed by atoms with E-state index < -0.39 is 172 Å². The molecule has 40 nitrogen and oxygen atoms in total. The third kappa shape index (κ3) is 24.9.